The fraction of sp³-hybridized carbons (Fsp3) is 0.600. The van der Waals surface area contributed by atoms with Gasteiger partial charge in [-0.25, -0.2) is 18.6 Å². The van der Waals surface area contributed by atoms with Gasteiger partial charge in [0, 0.05) is 6.42 Å². The number of aromatic nitrogens is 1. The van der Waals surface area contributed by atoms with Gasteiger partial charge in [0.2, 0.25) is 5.76 Å². The van der Waals surface area contributed by atoms with Gasteiger partial charge in [0.25, 0.3) is 6.43 Å². The van der Waals surface area contributed by atoms with Crippen molar-refractivity contribution < 1.29 is 23.1 Å². The van der Waals surface area contributed by atoms with Crippen molar-refractivity contribution in [3.8, 4) is 0 Å². The second-order valence-electron chi connectivity index (χ2n) is 4.67. The number of hydrogen-bond acceptors (Lipinski definition) is 3. The van der Waals surface area contributed by atoms with Gasteiger partial charge in [0.15, 0.2) is 11.6 Å². The maximum atomic E-state index is 12.4. The van der Waals surface area contributed by atoms with E-state index in [0.717, 1.165) is 0 Å². The third kappa shape index (κ3) is 3.01. The minimum atomic E-state index is -2.94. The van der Waals surface area contributed by atoms with Gasteiger partial charge in [0.05, 0.1) is 0 Å². The molecule has 0 spiro atoms. The monoisotopic (exact) mass is 233 g/mol. The number of carboxylic acid groups (broad SMARTS) is 1. The molecule has 90 valence electrons. The Bertz CT molecular complexity index is 393. The van der Waals surface area contributed by atoms with Gasteiger partial charge in [-0.1, -0.05) is 20.8 Å². The van der Waals surface area contributed by atoms with Crippen LogP contribution in [0.4, 0.5) is 8.78 Å². The average molecular weight is 233 g/mol. The molecule has 4 nitrogen and oxygen atoms in total. The molecule has 1 rings (SSSR count). The van der Waals surface area contributed by atoms with Crippen LogP contribution in [0.5, 0.6) is 0 Å². The Morgan fingerprint density at radius 1 is 1.50 bits per heavy atom. The fourth-order valence-electron chi connectivity index (χ4n) is 1.21. The molecule has 6 heteroatoms. The molecule has 0 saturated heterocycles. The lowest BCUT2D eigenvalue weighted by Crippen LogP contribution is -2.09. The van der Waals surface area contributed by atoms with E-state index >= 15 is 0 Å². The van der Waals surface area contributed by atoms with Gasteiger partial charge in [-0.2, -0.15) is 0 Å². The molecule has 0 saturated carbocycles. The number of nitrogens with zero attached hydrogens (tertiary/aromatic N) is 1. The Balaban J connectivity index is 3.07. The van der Waals surface area contributed by atoms with Crippen molar-refractivity contribution in [3.63, 3.8) is 0 Å². The highest BCUT2D eigenvalue weighted by Gasteiger charge is 2.27. The highest BCUT2D eigenvalue weighted by Crippen LogP contribution is 2.26. The number of hydrogen-bond donors (Lipinski definition) is 1. The van der Waals surface area contributed by atoms with E-state index in [4.69, 9.17) is 9.52 Å². The Hall–Kier alpha value is -1.46. The molecule has 1 heterocycles. The molecule has 0 aromatic carbocycles. The van der Waals surface area contributed by atoms with Crippen LogP contribution in [-0.2, 0) is 6.42 Å². The zero-order valence-corrected chi connectivity index (χ0v) is 9.25. The first-order valence-corrected chi connectivity index (χ1v) is 4.72. The molecule has 0 atom stereocenters. The van der Waals surface area contributed by atoms with Gasteiger partial charge in [-0.3, -0.25) is 0 Å². The molecule has 0 radical (unpaired) electrons. The average Bonchev–Trinajstić information content (AvgIpc) is 2.44. The van der Waals surface area contributed by atoms with Crippen LogP contribution in [0.2, 0.25) is 0 Å². The molecular formula is C10H13F2NO3. The van der Waals surface area contributed by atoms with Crippen molar-refractivity contribution in [1.29, 1.82) is 0 Å². The summed E-state index contributed by atoms with van der Waals surface area (Å²) < 4.78 is 29.7. The summed E-state index contributed by atoms with van der Waals surface area (Å²) in [5.74, 6) is -2.27. The number of carboxylic acids is 1. The molecule has 0 fully saturated rings. The summed E-state index contributed by atoms with van der Waals surface area (Å²) in [7, 11) is 0. The largest absolute Gasteiger partial charge is 0.475 e. The summed E-state index contributed by atoms with van der Waals surface area (Å²) >= 11 is 0. The minimum absolute atomic E-state index is 0.0280. The van der Waals surface area contributed by atoms with E-state index < -0.39 is 23.8 Å². The van der Waals surface area contributed by atoms with E-state index in [9.17, 15) is 13.6 Å². The normalized spacial score (nSPS) is 12.1. The minimum Gasteiger partial charge on any atom is -0.475 e. The van der Waals surface area contributed by atoms with E-state index in [1.54, 1.807) is 0 Å². The maximum Gasteiger partial charge on any atom is 0.374 e. The summed E-state index contributed by atoms with van der Waals surface area (Å²) in [6, 6.07) is 0. The van der Waals surface area contributed by atoms with Crippen molar-refractivity contribution in [1.82, 2.24) is 4.98 Å². The summed E-state index contributed by atoms with van der Waals surface area (Å²) in [6.45, 7) is 5.62. The van der Waals surface area contributed by atoms with E-state index in [1.807, 2.05) is 20.8 Å². The van der Waals surface area contributed by atoms with Gasteiger partial charge in [0.1, 0.15) is 0 Å². The predicted octanol–water partition coefficient (Wildman–Crippen LogP) is 2.90. The van der Waals surface area contributed by atoms with Gasteiger partial charge in [-0.05, 0) is 5.41 Å². The second kappa shape index (κ2) is 4.19. The van der Waals surface area contributed by atoms with Crippen LogP contribution in [-0.4, -0.2) is 16.1 Å². The van der Waals surface area contributed by atoms with Crippen LogP contribution in [0.25, 0.3) is 0 Å². The molecule has 0 aliphatic rings. The lowest BCUT2D eigenvalue weighted by atomic mass is 9.92. The van der Waals surface area contributed by atoms with E-state index in [1.165, 1.54) is 0 Å². The molecule has 1 aromatic rings. The molecule has 16 heavy (non-hydrogen) atoms. The summed E-state index contributed by atoms with van der Waals surface area (Å²) in [5.41, 5.74) is -1.01. The molecular weight excluding hydrogens is 220 g/mol. The maximum absolute atomic E-state index is 12.4. The van der Waals surface area contributed by atoms with Crippen molar-refractivity contribution in [3.05, 3.63) is 17.3 Å². The zero-order valence-electron chi connectivity index (χ0n) is 9.25. The van der Waals surface area contributed by atoms with Gasteiger partial charge in [-0.15, -0.1) is 0 Å². The van der Waals surface area contributed by atoms with Crippen molar-refractivity contribution in [2.45, 2.75) is 33.6 Å². The molecule has 0 unspecified atom stereocenters. The van der Waals surface area contributed by atoms with Crippen LogP contribution in [0.1, 0.15) is 49.3 Å². The van der Waals surface area contributed by atoms with E-state index in [-0.39, 0.29) is 11.3 Å². The second-order valence-corrected chi connectivity index (χ2v) is 4.67. The summed E-state index contributed by atoms with van der Waals surface area (Å²) in [6.07, 6.45) is -2.64. The standard InChI is InChI=1S/C10H13F2NO3/c1-10(2,3)4-5-13-6(8(11)12)7(16-5)9(14)15/h8H,4H2,1-3H3,(H,14,15). The molecule has 1 aromatic heterocycles. The zero-order chi connectivity index (χ0) is 12.5. The molecule has 1 N–H and O–H groups in total. The van der Waals surface area contributed by atoms with Crippen molar-refractivity contribution in [2.75, 3.05) is 0 Å². The number of oxazole rings is 1. The Labute approximate surface area is 91.3 Å². The highest BCUT2D eigenvalue weighted by atomic mass is 19.3. The van der Waals surface area contributed by atoms with Crippen LogP contribution in [0.3, 0.4) is 0 Å². The first-order chi connectivity index (χ1) is 7.20. The van der Waals surface area contributed by atoms with Crippen LogP contribution < -0.4 is 0 Å². The number of alkyl halides is 2. The summed E-state index contributed by atoms with van der Waals surface area (Å²) in [5, 5.41) is 8.66. The summed E-state index contributed by atoms with van der Waals surface area (Å²) in [4.78, 5) is 14.2. The third-order valence-corrected chi connectivity index (χ3v) is 1.78. The Morgan fingerprint density at radius 3 is 2.38 bits per heavy atom. The van der Waals surface area contributed by atoms with Gasteiger partial charge >= 0.3 is 5.97 Å². The molecule has 0 bridgehead atoms. The lowest BCUT2D eigenvalue weighted by Gasteiger charge is -2.14. The number of rotatable bonds is 3. The fourth-order valence-corrected chi connectivity index (χ4v) is 1.21. The van der Waals surface area contributed by atoms with Crippen molar-refractivity contribution in [2.24, 2.45) is 5.41 Å². The van der Waals surface area contributed by atoms with Crippen LogP contribution in [0, 0.1) is 5.41 Å². The van der Waals surface area contributed by atoms with E-state index in [0.29, 0.717) is 6.42 Å². The molecule has 0 amide bonds. The van der Waals surface area contributed by atoms with Crippen molar-refractivity contribution >= 4 is 5.97 Å². The Morgan fingerprint density at radius 2 is 2.06 bits per heavy atom. The Kier molecular flexibility index (Phi) is 3.30. The lowest BCUT2D eigenvalue weighted by molar-refractivity contribution is 0.0643. The topological polar surface area (TPSA) is 63.3 Å². The highest BCUT2D eigenvalue weighted by molar-refractivity contribution is 5.85. The SMILES string of the molecule is CC(C)(C)Cc1nc(C(F)F)c(C(=O)O)o1. The van der Waals surface area contributed by atoms with Crippen LogP contribution >= 0.6 is 0 Å². The number of halogens is 2. The van der Waals surface area contributed by atoms with Gasteiger partial charge < -0.3 is 9.52 Å². The number of aromatic carboxylic acids is 1. The number of carbonyl (C=O) groups is 1. The predicted molar refractivity (Wildman–Crippen MR) is 51.6 cm³/mol. The molecule has 0 aliphatic heterocycles. The van der Waals surface area contributed by atoms with Crippen LogP contribution in [0.15, 0.2) is 4.42 Å². The third-order valence-electron chi connectivity index (χ3n) is 1.78. The first kappa shape index (κ1) is 12.6. The first-order valence-electron chi connectivity index (χ1n) is 4.72. The smallest absolute Gasteiger partial charge is 0.374 e. The molecule has 0 aliphatic carbocycles. The quantitative estimate of drug-likeness (QED) is 0.871. The van der Waals surface area contributed by atoms with E-state index in [2.05, 4.69) is 4.98 Å².